The van der Waals surface area contributed by atoms with Crippen LogP contribution < -0.4 is 9.47 Å². The Morgan fingerprint density at radius 3 is 2.55 bits per heavy atom. The van der Waals surface area contributed by atoms with Crippen LogP contribution in [0.1, 0.15) is 12.0 Å². The largest absolute Gasteiger partial charge is 0.493 e. The molecule has 1 aliphatic rings. The fourth-order valence-corrected chi connectivity index (χ4v) is 3.92. The Balaban J connectivity index is 2.06. The third-order valence-electron chi connectivity index (χ3n) is 3.55. The highest BCUT2D eigenvalue weighted by molar-refractivity contribution is 8.13. The molecule has 2 rings (SSSR count). The predicted molar refractivity (Wildman–Crippen MR) is 82.7 cm³/mol. The average molecular weight is 348 g/mol. The molecule has 1 saturated heterocycles. The van der Waals surface area contributed by atoms with E-state index < -0.39 is 9.05 Å². The van der Waals surface area contributed by atoms with Gasteiger partial charge in [0.2, 0.25) is 15.0 Å². The van der Waals surface area contributed by atoms with Crippen LogP contribution in [-0.2, 0) is 20.4 Å². The molecule has 8 heteroatoms. The van der Waals surface area contributed by atoms with Gasteiger partial charge in [-0.3, -0.25) is 4.79 Å². The lowest BCUT2D eigenvalue weighted by molar-refractivity contribution is -0.128. The summed E-state index contributed by atoms with van der Waals surface area (Å²) in [7, 11) is 4.76. The fourth-order valence-electron chi connectivity index (χ4n) is 2.60. The highest BCUT2D eigenvalue weighted by Gasteiger charge is 2.32. The number of carbonyl (C=O) groups excluding carboxylic acids is 1. The molecule has 0 bridgehead atoms. The number of ether oxygens (including phenoxy) is 2. The molecule has 0 N–H and O–H groups in total. The van der Waals surface area contributed by atoms with Gasteiger partial charge in [0.05, 0.1) is 20.0 Å². The van der Waals surface area contributed by atoms with Crippen LogP contribution in [0.25, 0.3) is 0 Å². The molecule has 0 radical (unpaired) electrons. The van der Waals surface area contributed by atoms with Crippen LogP contribution >= 0.6 is 10.7 Å². The third-order valence-corrected chi connectivity index (χ3v) is 4.80. The summed E-state index contributed by atoms with van der Waals surface area (Å²) >= 11 is 0. The van der Waals surface area contributed by atoms with Gasteiger partial charge in [0, 0.05) is 36.1 Å². The van der Waals surface area contributed by atoms with Gasteiger partial charge >= 0.3 is 0 Å². The summed E-state index contributed by atoms with van der Waals surface area (Å²) in [6, 6.07) is 5.42. The second kappa shape index (κ2) is 6.75. The number of amides is 1. The summed E-state index contributed by atoms with van der Waals surface area (Å²) in [5.41, 5.74) is 0.889. The first kappa shape index (κ1) is 16.9. The second-order valence-corrected chi connectivity index (χ2v) is 8.06. The van der Waals surface area contributed by atoms with Crippen molar-refractivity contribution in [2.75, 3.05) is 26.5 Å². The monoisotopic (exact) mass is 347 g/mol. The van der Waals surface area contributed by atoms with Gasteiger partial charge < -0.3 is 14.4 Å². The Morgan fingerprint density at radius 1 is 1.27 bits per heavy atom. The molecule has 1 aromatic rings. The molecular formula is C14H18ClNO5S. The molecule has 6 nitrogen and oxygen atoms in total. The maximum atomic E-state index is 12.0. The first-order valence-electron chi connectivity index (χ1n) is 6.73. The van der Waals surface area contributed by atoms with Crippen molar-refractivity contribution in [1.29, 1.82) is 0 Å². The van der Waals surface area contributed by atoms with Gasteiger partial charge in [0.25, 0.3) is 0 Å². The average Bonchev–Trinajstić information content (AvgIpc) is 2.76. The number of rotatable bonds is 6. The maximum absolute atomic E-state index is 12.0. The Kier molecular flexibility index (Phi) is 5.18. The van der Waals surface area contributed by atoms with E-state index in [0.29, 0.717) is 24.6 Å². The molecule has 0 saturated carbocycles. The normalized spacial score (nSPS) is 18.6. The lowest BCUT2D eigenvalue weighted by Crippen LogP contribution is -2.25. The summed E-state index contributed by atoms with van der Waals surface area (Å²) in [4.78, 5) is 13.6. The van der Waals surface area contributed by atoms with Crippen LogP contribution in [0.2, 0.25) is 0 Å². The van der Waals surface area contributed by atoms with Crippen molar-refractivity contribution in [3.63, 3.8) is 0 Å². The minimum absolute atomic E-state index is 0.0694. The van der Waals surface area contributed by atoms with E-state index in [1.54, 1.807) is 31.3 Å². The highest BCUT2D eigenvalue weighted by Crippen LogP contribution is 2.29. The lowest BCUT2D eigenvalue weighted by Gasteiger charge is -2.17. The SMILES string of the molecule is COc1ccc(CN2CC(CS(=O)(=O)Cl)CC2=O)cc1OC. The minimum Gasteiger partial charge on any atom is -0.493 e. The topological polar surface area (TPSA) is 72.9 Å². The molecule has 1 fully saturated rings. The molecule has 0 spiro atoms. The predicted octanol–water partition coefficient (Wildman–Crippen LogP) is 1.62. The van der Waals surface area contributed by atoms with E-state index in [1.807, 2.05) is 6.07 Å². The van der Waals surface area contributed by atoms with E-state index in [9.17, 15) is 13.2 Å². The number of hydrogen-bond acceptors (Lipinski definition) is 5. The smallest absolute Gasteiger partial charge is 0.232 e. The van der Waals surface area contributed by atoms with E-state index >= 15 is 0 Å². The summed E-state index contributed by atoms with van der Waals surface area (Å²) < 4.78 is 32.6. The molecule has 1 unspecified atom stereocenters. The third kappa shape index (κ3) is 4.27. The van der Waals surface area contributed by atoms with E-state index in [0.717, 1.165) is 5.56 Å². The molecule has 1 aliphatic heterocycles. The number of benzene rings is 1. The molecule has 1 heterocycles. The first-order valence-corrected chi connectivity index (χ1v) is 9.21. The number of carbonyl (C=O) groups is 1. The zero-order valence-electron chi connectivity index (χ0n) is 12.4. The summed E-state index contributed by atoms with van der Waals surface area (Å²) in [6.07, 6.45) is 0.208. The fraction of sp³-hybridized carbons (Fsp3) is 0.500. The number of halogens is 1. The van der Waals surface area contributed by atoms with Crippen molar-refractivity contribution in [1.82, 2.24) is 4.90 Å². The Morgan fingerprint density at radius 2 is 1.95 bits per heavy atom. The summed E-state index contributed by atoms with van der Waals surface area (Å²) in [6.45, 7) is 0.789. The van der Waals surface area contributed by atoms with Gasteiger partial charge in [0.15, 0.2) is 11.5 Å². The lowest BCUT2D eigenvalue weighted by atomic mass is 10.1. The van der Waals surface area contributed by atoms with E-state index in [4.69, 9.17) is 20.2 Å². The number of hydrogen-bond donors (Lipinski definition) is 0. The van der Waals surface area contributed by atoms with Crippen molar-refractivity contribution in [3.05, 3.63) is 23.8 Å². The van der Waals surface area contributed by atoms with Crippen molar-refractivity contribution >= 4 is 25.6 Å². The van der Waals surface area contributed by atoms with Crippen molar-refractivity contribution < 1.29 is 22.7 Å². The number of nitrogens with zero attached hydrogens (tertiary/aromatic N) is 1. The van der Waals surface area contributed by atoms with Gasteiger partial charge in [-0.2, -0.15) is 0 Å². The Hall–Kier alpha value is -1.47. The van der Waals surface area contributed by atoms with Crippen LogP contribution in [-0.4, -0.2) is 45.7 Å². The first-order chi connectivity index (χ1) is 10.3. The maximum Gasteiger partial charge on any atom is 0.232 e. The molecule has 1 amide bonds. The van der Waals surface area contributed by atoms with Gasteiger partial charge in [0.1, 0.15) is 0 Å². The standard InChI is InChI=1S/C14H18ClNO5S/c1-20-12-4-3-10(5-13(12)21-2)7-16-8-11(6-14(16)17)9-22(15,18)19/h3-5,11H,6-9H2,1-2H3. The minimum atomic E-state index is -3.59. The van der Waals surface area contributed by atoms with Crippen molar-refractivity contribution in [2.24, 2.45) is 5.92 Å². The van der Waals surface area contributed by atoms with Crippen LogP contribution in [0.15, 0.2) is 18.2 Å². The van der Waals surface area contributed by atoms with E-state index in [2.05, 4.69) is 0 Å². The van der Waals surface area contributed by atoms with Gasteiger partial charge in [-0.1, -0.05) is 6.07 Å². The van der Waals surface area contributed by atoms with E-state index in [-0.39, 0.29) is 24.0 Å². The molecule has 1 aromatic carbocycles. The summed E-state index contributed by atoms with van der Waals surface area (Å²) in [5.74, 6) is 0.704. The van der Waals surface area contributed by atoms with Crippen LogP contribution in [0, 0.1) is 5.92 Å². The van der Waals surface area contributed by atoms with Crippen molar-refractivity contribution in [3.8, 4) is 11.5 Å². The Labute approximate surface area is 134 Å². The second-order valence-electron chi connectivity index (χ2n) is 5.24. The van der Waals surface area contributed by atoms with E-state index in [1.165, 1.54) is 0 Å². The molecule has 0 aliphatic carbocycles. The van der Waals surface area contributed by atoms with Gasteiger partial charge in [-0.25, -0.2) is 8.42 Å². The molecule has 0 aromatic heterocycles. The quantitative estimate of drug-likeness (QED) is 0.731. The van der Waals surface area contributed by atoms with Crippen LogP contribution in [0.4, 0.5) is 0 Å². The zero-order valence-corrected chi connectivity index (χ0v) is 14.0. The Bertz CT molecular complexity index is 661. The highest BCUT2D eigenvalue weighted by atomic mass is 35.7. The zero-order chi connectivity index (χ0) is 16.3. The number of methoxy groups -OCH3 is 2. The molecule has 1 atom stereocenters. The number of likely N-dealkylation sites (tertiary alicyclic amines) is 1. The summed E-state index contributed by atoms with van der Waals surface area (Å²) in [5, 5.41) is 0. The van der Waals surface area contributed by atoms with Crippen molar-refractivity contribution in [2.45, 2.75) is 13.0 Å². The van der Waals surface area contributed by atoms with Gasteiger partial charge in [-0.05, 0) is 17.7 Å². The van der Waals surface area contributed by atoms with Gasteiger partial charge in [-0.15, -0.1) is 0 Å². The van der Waals surface area contributed by atoms with Crippen LogP contribution in [0.3, 0.4) is 0 Å². The molecule has 122 valence electrons. The molecule has 22 heavy (non-hydrogen) atoms. The van der Waals surface area contributed by atoms with Crippen LogP contribution in [0.5, 0.6) is 11.5 Å². The molecular weight excluding hydrogens is 330 g/mol.